The molecule has 1 aliphatic carbocycles. The smallest absolute Gasteiger partial charge is 0.410 e. The van der Waals surface area contributed by atoms with Crippen LogP contribution in [0.2, 0.25) is 0 Å². The second-order valence-electron chi connectivity index (χ2n) is 6.73. The summed E-state index contributed by atoms with van der Waals surface area (Å²) in [6.45, 7) is 6.80. The summed E-state index contributed by atoms with van der Waals surface area (Å²) in [7, 11) is 0. The number of amides is 1. The molecule has 1 saturated heterocycles. The zero-order chi connectivity index (χ0) is 14.5. The normalized spacial score (nSPS) is 28.2. The lowest BCUT2D eigenvalue weighted by molar-refractivity contribution is 0.0267. The minimum absolute atomic E-state index is 0.0971. The molecule has 1 aliphatic heterocycles. The van der Waals surface area contributed by atoms with Crippen molar-refractivity contribution in [1.29, 1.82) is 0 Å². The Bertz CT molecular complexity index is 535. The van der Waals surface area contributed by atoms with Crippen LogP contribution in [-0.2, 0) is 4.74 Å². The van der Waals surface area contributed by atoms with Gasteiger partial charge in [-0.1, -0.05) is 24.3 Å². The number of ether oxygens (including phenoxy) is 1. The van der Waals surface area contributed by atoms with Gasteiger partial charge in [0.05, 0.1) is 6.10 Å². The van der Waals surface area contributed by atoms with Gasteiger partial charge in [-0.3, -0.25) is 0 Å². The van der Waals surface area contributed by atoms with E-state index in [1.54, 1.807) is 4.90 Å². The Morgan fingerprint density at radius 3 is 2.55 bits per heavy atom. The Morgan fingerprint density at radius 2 is 1.90 bits per heavy atom. The number of hydrogen-bond acceptors (Lipinski definition) is 3. The predicted molar refractivity (Wildman–Crippen MR) is 75.4 cm³/mol. The van der Waals surface area contributed by atoms with E-state index in [9.17, 15) is 9.90 Å². The Balaban J connectivity index is 1.77. The van der Waals surface area contributed by atoms with Crippen molar-refractivity contribution in [2.45, 2.75) is 38.4 Å². The molecule has 3 atom stereocenters. The van der Waals surface area contributed by atoms with E-state index in [0.29, 0.717) is 13.1 Å². The maximum Gasteiger partial charge on any atom is 0.410 e. The Hall–Kier alpha value is -1.55. The van der Waals surface area contributed by atoms with Crippen molar-refractivity contribution in [2.24, 2.45) is 5.92 Å². The van der Waals surface area contributed by atoms with Gasteiger partial charge < -0.3 is 14.7 Å². The number of carbonyl (C=O) groups is 1. The van der Waals surface area contributed by atoms with Gasteiger partial charge in [0.1, 0.15) is 5.60 Å². The quantitative estimate of drug-likeness (QED) is 0.792. The van der Waals surface area contributed by atoms with Crippen molar-refractivity contribution >= 4 is 6.09 Å². The topological polar surface area (TPSA) is 49.8 Å². The standard InChI is InChI=1S/C16H21NO3/c1-16(2,3)20-15(19)17-8-12-10-6-4-5-7-11(10)14(18)13(12)9-17/h4-7,12-14,18H,8-9H2,1-3H3. The molecule has 1 aromatic rings. The summed E-state index contributed by atoms with van der Waals surface area (Å²) in [4.78, 5) is 13.9. The van der Waals surface area contributed by atoms with Crippen LogP contribution in [0.3, 0.4) is 0 Å². The van der Waals surface area contributed by atoms with E-state index in [0.717, 1.165) is 5.56 Å². The number of nitrogens with zero attached hydrogens (tertiary/aromatic N) is 1. The second kappa shape index (κ2) is 4.48. The number of carbonyl (C=O) groups excluding carboxylic acids is 1. The molecule has 1 aromatic carbocycles. The first kappa shape index (κ1) is 13.4. The molecule has 2 aliphatic rings. The molecule has 108 valence electrons. The zero-order valence-electron chi connectivity index (χ0n) is 12.2. The van der Waals surface area contributed by atoms with Gasteiger partial charge in [-0.2, -0.15) is 0 Å². The summed E-state index contributed by atoms with van der Waals surface area (Å²) in [5, 5.41) is 10.4. The van der Waals surface area contributed by atoms with E-state index in [1.165, 1.54) is 5.56 Å². The lowest BCUT2D eigenvalue weighted by atomic mass is 9.96. The fourth-order valence-corrected chi connectivity index (χ4v) is 3.30. The summed E-state index contributed by atoms with van der Waals surface area (Å²) in [6.07, 6.45) is -0.750. The minimum atomic E-state index is -0.481. The predicted octanol–water partition coefficient (Wildman–Crippen LogP) is 2.68. The van der Waals surface area contributed by atoms with Crippen LogP contribution in [0.25, 0.3) is 0 Å². The first-order valence-corrected chi connectivity index (χ1v) is 7.11. The molecule has 1 amide bonds. The summed E-state index contributed by atoms with van der Waals surface area (Å²) < 4.78 is 5.42. The van der Waals surface area contributed by atoms with Crippen molar-refractivity contribution in [3.8, 4) is 0 Å². The number of hydrogen-bond donors (Lipinski definition) is 1. The van der Waals surface area contributed by atoms with Gasteiger partial charge >= 0.3 is 6.09 Å². The fraction of sp³-hybridized carbons (Fsp3) is 0.562. The molecule has 0 radical (unpaired) electrons. The van der Waals surface area contributed by atoms with E-state index >= 15 is 0 Å². The van der Waals surface area contributed by atoms with Crippen molar-refractivity contribution in [2.75, 3.05) is 13.1 Å². The zero-order valence-corrected chi connectivity index (χ0v) is 12.2. The molecule has 0 bridgehead atoms. The summed E-state index contributed by atoms with van der Waals surface area (Å²) >= 11 is 0. The van der Waals surface area contributed by atoms with Crippen LogP contribution in [0.1, 0.15) is 43.9 Å². The third-order valence-electron chi connectivity index (χ3n) is 4.14. The van der Waals surface area contributed by atoms with Crippen LogP contribution in [-0.4, -0.2) is 34.8 Å². The average molecular weight is 275 g/mol. The van der Waals surface area contributed by atoms with E-state index in [4.69, 9.17) is 4.74 Å². The Morgan fingerprint density at radius 1 is 1.25 bits per heavy atom. The SMILES string of the molecule is CC(C)(C)OC(=O)N1CC2c3ccccc3C(O)C2C1. The average Bonchev–Trinajstić information content (AvgIpc) is 2.89. The van der Waals surface area contributed by atoms with Crippen molar-refractivity contribution < 1.29 is 14.6 Å². The number of benzene rings is 1. The number of fused-ring (bicyclic) bond motifs is 3. The summed E-state index contributed by atoms with van der Waals surface area (Å²) in [5.41, 5.74) is 1.72. The lowest BCUT2D eigenvalue weighted by Gasteiger charge is -2.25. The molecule has 1 N–H and O–H groups in total. The fourth-order valence-electron chi connectivity index (χ4n) is 3.30. The number of aliphatic hydroxyl groups is 1. The first-order valence-electron chi connectivity index (χ1n) is 7.11. The highest BCUT2D eigenvalue weighted by Crippen LogP contribution is 2.49. The monoisotopic (exact) mass is 275 g/mol. The van der Waals surface area contributed by atoms with Gasteiger partial charge in [0, 0.05) is 24.9 Å². The molecule has 0 spiro atoms. The number of rotatable bonds is 0. The molecule has 0 aromatic heterocycles. The van der Waals surface area contributed by atoms with Gasteiger partial charge in [0.2, 0.25) is 0 Å². The van der Waals surface area contributed by atoms with E-state index < -0.39 is 11.7 Å². The third kappa shape index (κ3) is 2.18. The van der Waals surface area contributed by atoms with Gasteiger partial charge in [0.15, 0.2) is 0 Å². The highest BCUT2D eigenvalue weighted by Gasteiger charge is 2.47. The molecular weight excluding hydrogens is 254 g/mol. The maximum absolute atomic E-state index is 12.1. The van der Waals surface area contributed by atoms with Crippen LogP contribution in [0, 0.1) is 5.92 Å². The van der Waals surface area contributed by atoms with E-state index in [-0.39, 0.29) is 17.9 Å². The van der Waals surface area contributed by atoms with E-state index in [1.807, 2.05) is 39.0 Å². The van der Waals surface area contributed by atoms with Crippen LogP contribution in [0.15, 0.2) is 24.3 Å². The van der Waals surface area contributed by atoms with Gasteiger partial charge in [-0.15, -0.1) is 0 Å². The van der Waals surface area contributed by atoms with Gasteiger partial charge in [-0.25, -0.2) is 4.79 Å². The second-order valence-corrected chi connectivity index (χ2v) is 6.73. The summed E-state index contributed by atoms with van der Waals surface area (Å²) in [5.74, 6) is 0.327. The minimum Gasteiger partial charge on any atom is -0.444 e. The lowest BCUT2D eigenvalue weighted by Crippen LogP contribution is -2.36. The van der Waals surface area contributed by atoms with Crippen LogP contribution in [0.4, 0.5) is 4.79 Å². The van der Waals surface area contributed by atoms with Crippen molar-refractivity contribution in [1.82, 2.24) is 4.90 Å². The molecular formula is C16H21NO3. The van der Waals surface area contributed by atoms with Crippen molar-refractivity contribution in [3.63, 3.8) is 0 Å². The molecule has 1 fully saturated rings. The molecule has 1 heterocycles. The van der Waals surface area contributed by atoms with Crippen LogP contribution < -0.4 is 0 Å². The Kier molecular flexibility index (Phi) is 3.01. The highest BCUT2D eigenvalue weighted by atomic mass is 16.6. The highest BCUT2D eigenvalue weighted by molar-refractivity contribution is 5.69. The first-order chi connectivity index (χ1) is 9.37. The van der Waals surface area contributed by atoms with Crippen LogP contribution >= 0.6 is 0 Å². The molecule has 3 rings (SSSR count). The molecule has 4 heteroatoms. The van der Waals surface area contributed by atoms with Gasteiger partial charge in [0.25, 0.3) is 0 Å². The van der Waals surface area contributed by atoms with E-state index in [2.05, 4.69) is 6.07 Å². The number of likely N-dealkylation sites (tertiary alicyclic amines) is 1. The van der Waals surface area contributed by atoms with Crippen molar-refractivity contribution in [3.05, 3.63) is 35.4 Å². The maximum atomic E-state index is 12.1. The molecule has 0 saturated carbocycles. The third-order valence-corrected chi connectivity index (χ3v) is 4.14. The van der Waals surface area contributed by atoms with Crippen LogP contribution in [0.5, 0.6) is 0 Å². The number of aliphatic hydroxyl groups excluding tert-OH is 1. The Labute approximate surface area is 119 Å². The molecule has 3 unspecified atom stereocenters. The molecule has 20 heavy (non-hydrogen) atoms. The van der Waals surface area contributed by atoms with Gasteiger partial charge in [-0.05, 0) is 31.9 Å². The summed E-state index contributed by atoms with van der Waals surface area (Å²) in [6, 6.07) is 7.98. The largest absolute Gasteiger partial charge is 0.444 e. The molecule has 4 nitrogen and oxygen atoms in total.